The molecule has 216 valence electrons. The van der Waals surface area contributed by atoms with Gasteiger partial charge in [0.05, 0.1) is 11.4 Å². The van der Waals surface area contributed by atoms with Gasteiger partial charge >= 0.3 is 0 Å². The molecule has 0 saturated carbocycles. The summed E-state index contributed by atoms with van der Waals surface area (Å²) in [6.07, 6.45) is 0. The van der Waals surface area contributed by atoms with E-state index in [9.17, 15) is 0 Å². The molecule has 7 aromatic rings. The molecule has 0 saturated heterocycles. The molecule has 0 aliphatic heterocycles. The number of hydrogen-bond donors (Lipinski definition) is 0. The molecule has 2 heteroatoms. The Bertz CT molecular complexity index is 2040. The quantitative estimate of drug-likeness (QED) is 0.194. The molecule has 8 rings (SSSR count). The highest BCUT2D eigenvalue weighted by Crippen LogP contribution is 2.57. The Morgan fingerprint density at radius 1 is 0.400 bits per heavy atom. The van der Waals surface area contributed by atoms with Crippen LogP contribution in [0.2, 0.25) is 0 Å². The predicted octanol–water partition coefficient (Wildman–Crippen LogP) is 12.1. The average Bonchev–Trinajstić information content (AvgIpc) is 3.33. The summed E-state index contributed by atoms with van der Waals surface area (Å²) in [5.41, 5.74) is 12.0. The molecule has 0 atom stereocenters. The Morgan fingerprint density at radius 3 is 1.40 bits per heavy atom. The van der Waals surface area contributed by atoms with E-state index in [2.05, 4.69) is 194 Å². The van der Waals surface area contributed by atoms with Crippen molar-refractivity contribution in [2.24, 2.45) is 0 Å². The van der Waals surface area contributed by atoms with Gasteiger partial charge in [-0.3, -0.25) is 0 Å². The summed E-state index contributed by atoms with van der Waals surface area (Å²) in [4.78, 5) is 4.85. The van der Waals surface area contributed by atoms with E-state index in [1.165, 1.54) is 38.7 Å². The third-order valence-electron chi connectivity index (χ3n) is 9.17. The fourth-order valence-corrected chi connectivity index (χ4v) is 7.20. The Kier molecular flexibility index (Phi) is 6.50. The van der Waals surface area contributed by atoms with Gasteiger partial charge in [-0.15, -0.1) is 0 Å². The molecule has 0 unspecified atom stereocenters. The fraction of sp³-hybridized carbons (Fsp3) is 0.0698. The molecular weight excluding hydrogens is 544 g/mol. The van der Waals surface area contributed by atoms with Crippen LogP contribution in [0.1, 0.15) is 25.0 Å². The van der Waals surface area contributed by atoms with Crippen LogP contribution in [-0.4, -0.2) is 0 Å². The standard InChI is InChI=1S/C43H34N2/c1-43(2)39-28-16-15-26-35(39)38-30-37-36(42(41(38)43)45(33-22-11-5-12-23-33)34-24-13-6-14-25-34)27-17-29-40(37)44(31-18-7-3-8-19-31)32-20-9-4-10-21-32/h3-30H,1-2H3. The highest BCUT2D eigenvalue weighted by Gasteiger charge is 2.40. The second-order valence-corrected chi connectivity index (χ2v) is 12.2. The molecule has 0 aromatic heterocycles. The lowest BCUT2D eigenvalue weighted by atomic mass is 9.80. The van der Waals surface area contributed by atoms with Crippen LogP contribution in [0, 0.1) is 0 Å². The van der Waals surface area contributed by atoms with Crippen LogP contribution in [0.5, 0.6) is 0 Å². The number of nitrogens with zero attached hydrogens (tertiary/aromatic N) is 2. The summed E-state index contributed by atoms with van der Waals surface area (Å²) < 4.78 is 0. The third kappa shape index (κ3) is 4.41. The Balaban J connectivity index is 1.52. The zero-order valence-corrected chi connectivity index (χ0v) is 25.6. The lowest BCUT2D eigenvalue weighted by Gasteiger charge is -2.34. The summed E-state index contributed by atoms with van der Waals surface area (Å²) in [5, 5.41) is 2.43. The zero-order valence-electron chi connectivity index (χ0n) is 25.6. The van der Waals surface area contributed by atoms with E-state index in [0.717, 1.165) is 28.4 Å². The van der Waals surface area contributed by atoms with Crippen molar-refractivity contribution in [2.45, 2.75) is 19.3 Å². The lowest BCUT2D eigenvalue weighted by Crippen LogP contribution is -2.21. The van der Waals surface area contributed by atoms with E-state index < -0.39 is 0 Å². The zero-order chi connectivity index (χ0) is 30.4. The number of para-hydroxylation sites is 4. The molecular formula is C43H34N2. The second-order valence-electron chi connectivity index (χ2n) is 12.2. The van der Waals surface area contributed by atoms with Crippen molar-refractivity contribution in [3.8, 4) is 11.1 Å². The van der Waals surface area contributed by atoms with Crippen LogP contribution in [0.15, 0.2) is 170 Å². The first kappa shape index (κ1) is 27.0. The van der Waals surface area contributed by atoms with Crippen molar-refractivity contribution in [2.75, 3.05) is 9.80 Å². The minimum absolute atomic E-state index is 0.203. The van der Waals surface area contributed by atoms with E-state index in [1.54, 1.807) is 0 Å². The van der Waals surface area contributed by atoms with Gasteiger partial charge in [-0.05, 0) is 82.9 Å². The minimum atomic E-state index is -0.203. The molecule has 0 spiro atoms. The Morgan fingerprint density at radius 2 is 0.867 bits per heavy atom. The van der Waals surface area contributed by atoms with Crippen LogP contribution in [0.3, 0.4) is 0 Å². The van der Waals surface area contributed by atoms with Gasteiger partial charge in [-0.25, -0.2) is 0 Å². The summed E-state index contributed by atoms with van der Waals surface area (Å²) in [5.74, 6) is 0. The summed E-state index contributed by atoms with van der Waals surface area (Å²) in [6, 6.07) is 61.2. The Labute approximate surface area is 265 Å². The van der Waals surface area contributed by atoms with E-state index >= 15 is 0 Å². The molecule has 0 N–H and O–H groups in total. The normalized spacial score (nSPS) is 12.8. The van der Waals surface area contributed by atoms with Gasteiger partial charge in [0.1, 0.15) is 0 Å². The number of benzene rings is 7. The van der Waals surface area contributed by atoms with E-state index in [0.29, 0.717) is 0 Å². The molecule has 0 heterocycles. The molecule has 1 aliphatic rings. The monoisotopic (exact) mass is 578 g/mol. The maximum Gasteiger partial charge on any atom is 0.0587 e. The molecule has 0 radical (unpaired) electrons. The molecule has 0 amide bonds. The first-order chi connectivity index (χ1) is 22.1. The molecule has 2 nitrogen and oxygen atoms in total. The minimum Gasteiger partial charge on any atom is -0.310 e. The van der Waals surface area contributed by atoms with E-state index in [-0.39, 0.29) is 5.41 Å². The van der Waals surface area contributed by atoms with Crippen molar-refractivity contribution in [3.05, 3.63) is 181 Å². The second kappa shape index (κ2) is 10.8. The van der Waals surface area contributed by atoms with Gasteiger partial charge < -0.3 is 9.80 Å². The van der Waals surface area contributed by atoms with Crippen LogP contribution < -0.4 is 9.80 Å². The average molecular weight is 579 g/mol. The SMILES string of the molecule is CC1(C)c2ccccc2-c2cc3c(N(c4ccccc4)c4ccccc4)cccc3c(N(c3ccccc3)c3ccccc3)c21. The van der Waals surface area contributed by atoms with Crippen LogP contribution in [-0.2, 0) is 5.41 Å². The molecule has 0 fully saturated rings. The molecule has 7 aromatic carbocycles. The number of hydrogen-bond acceptors (Lipinski definition) is 2. The van der Waals surface area contributed by atoms with Gasteiger partial charge in [0.2, 0.25) is 0 Å². The predicted molar refractivity (Wildman–Crippen MR) is 191 cm³/mol. The highest BCUT2D eigenvalue weighted by molar-refractivity contribution is 6.12. The Hall–Kier alpha value is -5.60. The summed E-state index contributed by atoms with van der Waals surface area (Å²) in [7, 11) is 0. The van der Waals surface area contributed by atoms with E-state index in [4.69, 9.17) is 0 Å². The lowest BCUT2D eigenvalue weighted by molar-refractivity contribution is 0.661. The topological polar surface area (TPSA) is 6.48 Å². The van der Waals surface area contributed by atoms with Crippen LogP contribution in [0.25, 0.3) is 21.9 Å². The number of rotatable bonds is 6. The van der Waals surface area contributed by atoms with Gasteiger partial charge in [0.25, 0.3) is 0 Å². The maximum atomic E-state index is 2.47. The largest absolute Gasteiger partial charge is 0.310 e. The van der Waals surface area contributed by atoms with Gasteiger partial charge in [0.15, 0.2) is 0 Å². The van der Waals surface area contributed by atoms with Crippen LogP contribution in [0.4, 0.5) is 34.1 Å². The molecule has 45 heavy (non-hydrogen) atoms. The van der Waals surface area contributed by atoms with Gasteiger partial charge in [0, 0.05) is 38.9 Å². The third-order valence-corrected chi connectivity index (χ3v) is 9.17. The van der Waals surface area contributed by atoms with Crippen LogP contribution >= 0.6 is 0 Å². The number of anilines is 6. The highest BCUT2D eigenvalue weighted by atomic mass is 15.2. The van der Waals surface area contributed by atoms with Crippen molar-refractivity contribution < 1.29 is 0 Å². The van der Waals surface area contributed by atoms with Gasteiger partial charge in [-0.2, -0.15) is 0 Å². The smallest absolute Gasteiger partial charge is 0.0587 e. The summed E-state index contributed by atoms with van der Waals surface area (Å²) in [6.45, 7) is 4.76. The summed E-state index contributed by atoms with van der Waals surface area (Å²) >= 11 is 0. The first-order valence-electron chi connectivity index (χ1n) is 15.6. The van der Waals surface area contributed by atoms with Crippen molar-refractivity contribution in [3.63, 3.8) is 0 Å². The van der Waals surface area contributed by atoms with Crippen molar-refractivity contribution in [1.29, 1.82) is 0 Å². The van der Waals surface area contributed by atoms with E-state index in [1.807, 2.05) is 0 Å². The number of fused-ring (bicyclic) bond motifs is 4. The molecule has 1 aliphatic carbocycles. The maximum absolute atomic E-state index is 2.47. The fourth-order valence-electron chi connectivity index (χ4n) is 7.20. The van der Waals surface area contributed by atoms with Gasteiger partial charge in [-0.1, -0.05) is 123 Å². The first-order valence-corrected chi connectivity index (χ1v) is 15.6. The molecule has 0 bridgehead atoms. The van der Waals surface area contributed by atoms with Crippen molar-refractivity contribution in [1.82, 2.24) is 0 Å². The van der Waals surface area contributed by atoms with Crippen molar-refractivity contribution >= 4 is 44.9 Å².